The van der Waals surface area contributed by atoms with E-state index < -0.39 is 12.8 Å². The van der Waals surface area contributed by atoms with Crippen molar-refractivity contribution in [1.29, 1.82) is 0 Å². The number of hydrogen-bond acceptors (Lipinski definition) is 3. The van der Waals surface area contributed by atoms with Gasteiger partial charge in [-0.1, -0.05) is 19.1 Å². The van der Waals surface area contributed by atoms with E-state index in [0.29, 0.717) is 11.5 Å². The molecule has 1 fully saturated rings. The Labute approximate surface area is 137 Å². The fourth-order valence-corrected chi connectivity index (χ4v) is 2.16. The number of nitrogens with one attached hydrogen (secondary N) is 2. The Kier molecular flexibility index (Phi) is 5.69. The summed E-state index contributed by atoms with van der Waals surface area (Å²) in [6.07, 6.45) is -3.56. The number of alkyl halides is 3. The molecule has 0 radical (unpaired) electrons. The van der Waals surface area contributed by atoms with E-state index in [0.717, 1.165) is 6.42 Å². The first-order chi connectivity index (χ1) is 11.2. The largest absolute Gasteiger partial charge is 0.484 e. The van der Waals surface area contributed by atoms with Gasteiger partial charge < -0.3 is 15.4 Å². The predicted octanol–water partition coefficient (Wildman–Crippen LogP) is 2.02. The van der Waals surface area contributed by atoms with Gasteiger partial charge in [0.1, 0.15) is 5.75 Å². The zero-order valence-electron chi connectivity index (χ0n) is 13.2. The van der Waals surface area contributed by atoms with Crippen molar-refractivity contribution in [3.8, 4) is 5.75 Å². The summed E-state index contributed by atoms with van der Waals surface area (Å²) in [5, 5.41) is 5.15. The van der Waals surface area contributed by atoms with E-state index in [1.54, 1.807) is 12.1 Å². The van der Waals surface area contributed by atoms with Gasteiger partial charge in [-0.25, -0.2) is 0 Å². The summed E-state index contributed by atoms with van der Waals surface area (Å²) in [6.45, 7) is 0.622. The highest BCUT2D eigenvalue weighted by Gasteiger charge is 2.38. The van der Waals surface area contributed by atoms with Crippen molar-refractivity contribution in [2.24, 2.45) is 11.8 Å². The Hall–Kier alpha value is -2.25. The van der Waals surface area contributed by atoms with Crippen molar-refractivity contribution in [1.82, 2.24) is 10.6 Å². The number of carbonyl (C=O) groups excluding carboxylic acids is 2. The van der Waals surface area contributed by atoms with Crippen LogP contribution in [0.15, 0.2) is 24.3 Å². The average Bonchev–Trinajstić information content (AvgIpc) is 3.25. The lowest BCUT2D eigenvalue weighted by Gasteiger charge is -2.11. The Balaban J connectivity index is 1.73. The summed E-state index contributed by atoms with van der Waals surface area (Å²) in [5.74, 6) is -0.0404. The van der Waals surface area contributed by atoms with Gasteiger partial charge in [-0.3, -0.25) is 9.59 Å². The lowest BCUT2D eigenvalue weighted by atomic mass is 10.2. The van der Waals surface area contributed by atoms with E-state index in [1.165, 1.54) is 12.1 Å². The van der Waals surface area contributed by atoms with Crippen molar-refractivity contribution in [2.45, 2.75) is 26.1 Å². The Morgan fingerprint density at radius 3 is 2.62 bits per heavy atom. The third kappa shape index (κ3) is 6.10. The molecule has 1 aliphatic carbocycles. The van der Waals surface area contributed by atoms with E-state index in [1.807, 2.05) is 6.92 Å². The number of halogens is 3. The molecule has 2 rings (SSSR count). The van der Waals surface area contributed by atoms with Gasteiger partial charge in [0.15, 0.2) is 6.61 Å². The molecule has 0 spiro atoms. The van der Waals surface area contributed by atoms with Crippen LogP contribution in [0.25, 0.3) is 0 Å². The Morgan fingerprint density at radius 2 is 2.00 bits per heavy atom. The molecule has 0 bridgehead atoms. The van der Waals surface area contributed by atoms with Crippen LogP contribution >= 0.6 is 0 Å². The van der Waals surface area contributed by atoms with E-state index >= 15 is 0 Å². The number of rotatable bonds is 7. The molecule has 2 atom stereocenters. The van der Waals surface area contributed by atoms with Crippen molar-refractivity contribution in [3.05, 3.63) is 29.8 Å². The molecule has 2 N–H and O–H groups in total. The highest BCUT2D eigenvalue weighted by molar-refractivity contribution is 5.87. The van der Waals surface area contributed by atoms with Crippen LogP contribution in [0.1, 0.15) is 18.9 Å². The van der Waals surface area contributed by atoms with Crippen molar-refractivity contribution >= 4 is 11.8 Å². The van der Waals surface area contributed by atoms with Crippen molar-refractivity contribution < 1.29 is 27.5 Å². The molecular formula is C16H19F3N2O3. The molecule has 1 saturated carbocycles. The monoisotopic (exact) mass is 344 g/mol. The summed E-state index contributed by atoms with van der Waals surface area (Å²) in [4.78, 5) is 23.3. The number of benzene rings is 1. The van der Waals surface area contributed by atoms with Crippen LogP contribution in [-0.4, -0.2) is 31.1 Å². The lowest BCUT2D eigenvalue weighted by molar-refractivity contribution is -0.153. The zero-order valence-corrected chi connectivity index (χ0v) is 13.2. The molecule has 24 heavy (non-hydrogen) atoms. The van der Waals surface area contributed by atoms with Gasteiger partial charge >= 0.3 is 6.18 Å². The van der Waals surface area contributed by atoms with Gasteiger partial charge in [-0.05, 0) is 30.0 Å². The average molecular weight is 344 g/mol. The zero-order chi connectivity index (χ0) is 17.7. The first-order valence-electron chi connectivity index (χ1n) is 7.57. The SMILES string of the molecule is CC1CC1C(=O)NCC(=O)NCc1cccc(OCC(F)(F)F)c1. The second-order valence-corrected chi connectivity index (χ2v) is 5.87. The Bertz CT molecular complexity index is 604. The van der Waals surface area contributed by atoms with Crippen molar-refractivity contribution in [2.75, 3.05) is 13.2 Å². The van der Waals surface area contributed by atoms with Crippen LogP contribution in [-0.2, 0) is 16.1 Å². The van der Waals surface area contributed by atoms with Crippen LogP contribution in [0.2, 0.25) is 0 Å². The highest BCUT2D eigenvalue weighted by atomic mass is 19.4. The molecule has 0 aromatic heterocycles. The second-order valence-electron chi connectivity index (χ2n) is 5.87. The number of carbonyl (C=O) groups is 2. The summed E-state index contributed by atoms with van der Waals surface area (Å²) in [7, 11) is 0. The van der Waals surface area contributed by atoms with Crippen LogP contribution in [0.3, 0.4) is 0 Å². The van der Waals surface area contributed by atoms with Crippen LogP contribution in [0.5, 0.6) is 5.75 Å². The molecule has 0 saturated heterocycles. The molecule has 0 aliphatic heterocycles. The fourth-order valence-electron chi connectivity index (χ4n) is 2.16. The highest BCUT2D eigenvalue weighted by Crippen LogP contribution is 2.37. The normalized spacial score (nSPS) is 19.5. The molecule has 0 heterocycles. The second kappa shape index (κ2) is 7.55. The topological polar surface area (TPSA) is 67.4 Å². The summed E-state index contributed by atoms with van der Waals surface area (Å²) >= 11 is 0. The molecule has 2 unspecified atom stereocenters. The summed E-state index contributed by atoms with van der Waals surface area (Å²) < 4.78 is 41.0. The molecule has 8 heteroatoms. The lowest BCUT2D eigenvalue weighted by Crippen LogP contribution is -2.37. The summed E-state index contributed by atoms with van der Waals surface area (Å²) in [5.41, 5.74) is 0.602. The third-order valence-electron chi connectivity index (χ3n) is 3.66. The number of amides is 2. The van der Waals surface area contributed by atoms with Gasteiger partial charge in [-0.15, -0.1) is 0 Å². The van der Waals surface area contributed by atoms with Gasteiger partial charge in [0.2, 0.25) is 11.8 Å². The van der Waals surface area contributed by atoms with Gasteiger partial charge in [-0.2, -0.15) is 13.2 Å². The molecule has 5 nitrogen and oxygen atoms in total. The molecule has 1 aliphatic rings. The molecule has 2 amide bonds. The molecule has 1 aromatic carbocycles. The number of hydrogen-bond donors (Lipinski definition) is 2. The Morgan fingerprint density at radius 1 is 1.29 bits per heavy atom. The standard InChI is InChI=1S/C16H19F3N2O3/c1-10-5-13(10)15(23)21-8-14(22)20-7-11-3-2-4-12(6-11)24-9-16(17,18)19/h2-4,6,10,13H,5,7-9H2,1H3,(H,20,22)(H,21,23). The fraction of sp³-hybridized carbons (Fsp3) is 0.500. The van der Waals surface area contributed by atoms with E-state index in [-0.39, 0.29) is 36.6 Å². The smallest absolute Gasteiger partial charge is 0.422 e. The van der Waals surface area contributed by atoms with Crippen LogP contribution in [0.4, 0.5) is 13.2 Å². The minimum absolute atomic E-state index is 0.000243. The van der Waals surface area contributed by atoms with Gasteiger partial charge in [0, 0.05) is 12.5 Å². The van der Waals surface area contributed by atoms with Gasteiger partial charge in [0.05, 0.1) is 6.54 Å². The molecule has 1 aromatic rings. The van der Waals surface area contributed by atoms with Crippen LogP contribution in [0, 0.1) is 11.8 Å². The van der Waals surface area contributed by atoms with E-state index in [2.05, 4.69) is 15.4 Å². The third-order valence-corrected chi connectivity index (χ3v) is 3.66. The van der Waals surface area contributed by atoms with Crippen molar-refractivity contribution in [3.63, 3.8) is 0 Å². The quantitative estimate of drug-likeness (QED) is 0.795. The first-order valence-corrected chi connectivity index (χ1v) is 7.57. The minimum Gasteiger partial charge on any atom is -0.484 e. The van der Waals surface area contributed by atoms with Gasteiger partial charge in [0.25, 0.3) is 0 Å². The minimum atomic E-state index is -4.40. The van der Waals surface area contributed by atoms with Crippen LogP contribution < -0.4 is 15.4 Å². The van der Waals surface area contributed by atoms with E-state index in [9.17, 15) is 22.8 Å². The first kappa shape index (κ1) is 18.1. The predicted molar refractivity (Wildman–Crippen MR) is 80.1 cm³/mol. The number of ether oxygens (including phenoxy) is 1. The summed E-state index contributed by atoms with van der Waals surface area (Å²) in [6, 6.07) is 6.04. The van der Waals surface area contributed by atoms with E-state index in [4.69, 9.17) is 0 Å². The maximum absolute atomic E-state index is 12.1. The molecule has 132 valence electrons. The maximum Gasteiger partial charge on any atom is 0.422 e. The maximum atomic E-state index is 12.1. The molecular weight excluding hydrogens is 325 g/mol.